The Morgan fingerprint density at radius 3 is 2.21 bits per heavy atom. The van der Waals surface area contributed by atoms with Crippen molar-refractivity contribution in [2.45, 2.75) is 11.4 Å². The molecular formula is C18H21NO4S. The minimum Gasteiger partial charge on any atom is -0.493 e. The summed E-state index contributed by atoms with van der Waals surface area (Å²) in [5.74, 6) is 1.53. The third-order valence-corrected chi connectivity index (χ3v) is 4.33. The molecule has 6 heteroatoms. The highest BCUT2D eigenvalue weighted by Gasteiger charge is 2.14. The second-order valence-electron chi connectivity index (χ2n) is 4.92. The maximum atomic E-state index is 12.4. The van der Waals surface area contributed by atoms with Crippen molar-refractivity contribution < 1.29 is 19.0 Å². The topological polar surface area (TPSA) is 56.8 Å². The Bertz CT molecular complexity index is 693. The predicted molar refractivity (Wildman–Crippen MR) is 95.5 cm³/mol. The van der Waals surface area contributed by atoms with E-state index in [1.165, 1.54) is 0 Å². The van der Waals surface area contributed by atoms with E-state index in [1.54, 1.807) is 33.1 Å². The van der Waals surface area contributed by atoms with E-state index in [1.807, 2.05) is 42.7 Å². The minimum absolute atomic E-state index is 0.117. The smallest absolute Gasteiger partial charge is 0.252 e. The molecule has 0 unspecified atom stereocenters. The molecule has 0 atom stereocenters. The lowest BCUT2D eigenvalue weighted by Gasteiger charge is -2.14. The highest BCUT2D eigenvalue weighted by molar-refractivity contribution is 7.98. The van der Waals surface area contributed by atoms with Gasteiger partial charge in [-0.1, -0.05) is 12.1 Å². The Balaban J connectivity index is 2.18. The molecule has 24 heavy (non-hydrogen) atoms. The first-order valence-corrected chi connectivity index (χ1v) is 8.57. The molecule has 0 aliphatic heterocycles. The molecule has 2 aromatic rings. The van der Waals surface area contributed by atoms with Crippen LogP contribution in [0.3, 0.4) is 0 Å². The van der Waals surface area contributed by atoms with Gasteiger partial charge in [0.15, 0.2) is 11.5 Å². The SMILES string of the molecule is COc1cc(CNC(=O)c2ccccc2SC)cc(OC)c1OC. The van der Waals surface area contributed by atoms with Gasteiger partial charge in [0.05, 0.1) is 26.9 Å². The summed E-state index contributed by atoms with van der Waals surface area (Å²) in [4.78, 5) is 13.4. The maximum Gasteiger partial charge on any atom is 0.252 e. The molecule has 0 aromatic heterocycles. The number of ether oxygens (including phenoxy) is 3. The molecule has 0 heterocycles. The first-order valence-electron chi connectivity index (χ1n) is 7.34. The van der Waals surface area contributed by atoms with Gasteiger partial charge in [-0.2, -0.15) is 0 Å². The van der Waals surface area contributed by atoms with E-state index in [0.717, 1.165) is 10.5 Å². The zero-order valence-corrected chi connectivity index (χ0v) is 15.0. The average Bonchev–Trinajstić information content (AvgIpc) is 2.64. The van der Waals surface area contributed by atoms with Crippen molar-refractivity contribution in [3.8, 4) is 17.2 Å². The number of carbonyl (C=O) groups excluding carboxylic acids is 1. The first-order chi connectivity index (χ1) is 11.6. The van der Waals surface area contributed by atoms with Gasteiger partial charge in [0.1, 0.15) is 0 Å². The van der Waals surface area contributed by atoms with Gasteiger partial charge in [0.25, 0.3) is 5.91 Å². The van der Waals surface area contributed by atoms with Crippen LogP contribution < -0.4 is 19.5 Å². The standard InChI is InChI=1S/C18H21NO4S/c1-21-14-9-12(10-15(22-2)17(14)23-3)11-19-18(20)13-7-5-6-8-16(13)24-4/h5-10H,11H2,1-4H3,(H,19,20). The quantitative estimate of drug-likeness (QED) is 0.778. The van der Waals surface area contributed by atoms with Crippen molar-refractivity contribution >= 4 is 17.7 Å². The summed E-state index contributed by atoms with van der Waals surface area (Å²) in [6, 6.07) is 11.2. The number of hydrogen-bond acceptors (Lipinski definition) is 5. The first kappa shape index (κ1) is 18.0. The zero-order valence-electron chi connectivity index (χ0n) is 14.2. The monoisotopic (exact) mass is 347 g/mol. The molecule has 5 nitrogen and oxygen atoms in total. The van der Waals surface area contributed by atoms with Crippen LogP contribution in [-0.2, 0) is 6.54 Å². The van der Waals surface area contributed by atoms with Crippen molar-refractivity contribution in [1.29, 1.82) is 0 Å². The summed E-state index contributed by atoms with van der Waals surface area (Å²) >= 11 is 1.55. The largest absolute Gasteiger partial charge is 0.493 e. The molecule has 0 aliphatic rings. The van der Waals surface area contributed by atoms with Gasteiger partial charge in [-0.25, -0.2) is 0 Å². The van der Waals surface area contributed by atoms with Crippen LogP contribution in [-0.4, -0.2) is 33.5 Å². The molecule has 0 spiro atoms. The van der Waals surface area contributed by atoms with Crippen molar-refractivity contribution in [3.63, 3.8) is 0 Å². The fraction of sp³-hybridized carbons (Fsp3) is 0.278. The second-order valence-corrected chi connectivity index (χ2v) is 5.76. The summed E-state index contributed by atoms with van der Waals surface area (Å²) in [6.45, 7) is 0.359. The molecule has 0 aliphatic carbocycles. The second kappa shape index (κ2) is 8.49. The summed E-state index contributed by atoms with van der Waals surface area (Å²) in [6.07, 6.45) is 1.95. The number of benzene rings is 2. The van der Waals surface area contributed by atoms with E-state index in [2.05, 4.69) is 5.32 Å². The predicted octanol–water partition coefficient (Wildman–Crippen LogP) is 3.36. The van der Waals surface area contributed by atoms with E-state index in [9.17, 15) is 4.79 Å². The minimum atomic E-state index is -0.117. The van der Waals surface area contributed by atoms with Crippen LogP contribution in [0.25, 0.3) is 0 Å². The van der Waals surface area contributed by atoms with E-state index in [4.69, 9.17) is 14.2 Å². The Kier molecular flexibility index (Phi) is 6.37. The molecule has 0 saturated carbocycles. The number of amides is 1. The van der Waals surface area contributed by atoms with Crippen LogP contribution in [0, 0.1) is 0 Å². The lowest BCUT2D eigenvalue weighted by Crippen LogP contribution is -2.23. The Morgan fingerprint density at radius 2 is 1.67 bits per heavy atom. The highest BCUT2D eigenvalue weighted by Crippen LogP contribution is 2.38. The third kappa shape index (κ3) is 3.94. The molecule has 1 N–H and O–H groups in total. The van der Waals surface area contributed by atoms with Crippen molar-refractivity contribution in [3.05, 3.63) is 47.5 Å². The van der Waals surface area contributed by atoms with E-state index < -0.39 is 0 Å². The van der Waals surface area contributed by atoms with E-state index >= 15 is 0 Å². The van der Waals surface area contributed by atoms with E-state index in [0.29, 0.717) is 29.4 Å². The van der Waals surface area contributed by atoms with Gasteiger partial charge < -0.3 is 19.5 Å². The van der Waals surface area contributed by atoms with Gasteiger partial charge >= 0.3 is 0 Å². The van der Waals surface area contributed by atoms with Crippen LogP contribution in [0.1, 0.15) is 15.9 Å². The van der Waals surface area contributed by atoms with Crippen molar-refractivity contribution in [2.75, 3.05) is 27.6 Å². The van der Waals surface area contributed by atoms with Gasteiger partial charge in [-0.3, -0.25) is 4.79 Å². The molecule has 0 bridgehead atoms. The van der Waals surface area contributed by atoms with E-state index in [-0.39, 0.29) is 5.91 Å². The lowest BCUT2D eigenvalue weighted by atomic mass is 10.1. The molecule has 0 fully saturated rings. The Labute approximate surface area is 146 Å². The number of hydrogen-bond donors (Lipinski definition) is 1. The number of methoxy groups -OCH3 is 3. The summed E-state index contributed by atoms with van der Waals surface area (Å²) < 4.78 is 16.0. The number of thioether (sulfide) groups is 1. The van der Waals surface area contributed by atoms with Crippen LogP contribution in [0.5, 0.6) is 17.2 Å². The highest BCUT2D eigenvalue weighted by atomic mass is 32.2. The molecule has 1 amide bonds. The van der Waals surface area contributed by atoms with Crippen molar-refractivity contribution in [1.82, 2.24) is 5.32 Å². The van der Waals surface area contributed by atoms with Crippen LogP contribution in [0.2, 0.25) is 0 Å². The lowest BCUT2D eigenvalue weighted by molar-refractivity contribution is 0.0948. The third-order valence-electron chi connectivity index (χ3n) is 3.53. The van der Waals surface area contributed by atoms with Crippen LogP contribution >= 0.6 is 11.8 Å². The molecule has 0 radical (unpaired) electrons. The van der Waals surface area contributed by atoms with Gasteiger partial charge in [-0.05, 0) is 36.1 Å². The average molecular weight is 347 g/mol. The normalized spacial score (nSPS) is 10.2. The number of rotatable bonds is 7. The van der Waals surface area contributed by atoms with Gasteiger partial charge in [0, 0.05) is 11.4 Å². The fourth-order valence-corrected chi connectivity index (χ4v) is 2.94. The molecule has 0 saturated heterocycles. The van der Waals surface area contributed by atoms with Crippen LogP contribution in [0.15, 0.2) is 41.3 Å². The molecule has 2 aromatic carbocycles. The fourth-order valence-electron chi connectivity index (χ4n) is 2.35. The number of carbonyl (C=O) groups is 1. The summed E-state index contributed by atoms with van der Waals surface area (Å²) in [5.41, 5.74) is 1.52. The molecular weight excluding hydrogens is 326 g/mol. The zero-order chi connectivity index (χ0) is 17.5. The van der Waals surface area contributed by atoms with Gasteiger partial charge in [-0.15, -0.1) is 11.8 Å². The molecule has 2 rings (SSSR count). The van der Waals surface area contributed by atoms with Crippen molar-refractivity contribution in [2.24, 2.45) is 0 Å². The summed E-state index contributed by atoms with van der Waals surface area (Å²) in [7, 11) is 4.68. The maximum absolute atomic E-state index is 12.4. The summed E-state index contributed by atoms with van der Waals surface area (Å²) in [5, 5.41) is 2.93. The molecule has 128 valence electrons. The Hall–Kier alpha value is -2.34. The number of nitrogens with one attached hydrogen (secondary N) is 1. The van der Waals surface area contributed by atoms with Crippen LogP contribution in [0.4, 0.5) is 0 Å². The van der Waals surface area contributed by atoms with Gasteiger partial charge in [0.2, 0.25) is 5.75 Å². The Morgan fingerprint density at radius 1 is 1.04 bits per heavy atom.